The van der Waals surface area contributed by atoms with E-state index in [1.165, 1.54) is 4.90 Å². The highest BCUT2D eigenvalue weighted by Crippen LogP contribution is 2.32. The predicted octanol–water partition coefficient (Wildman–Crippen LogP) is 6.71. The van der Waals surface area contributed by atoms with Crippen molar-refractivity contribution in [2.24, 2.45) is 0 Å². The van der Waals surface area contributed by atoms with E-state index < -0.39 is 0 Å². The Morgan fingerprint density at radius 2 is 1.70 bits per heavy atom. The number of para-hydroxylation sites is 1. The van der Waals surface area contributed by atoms with E-state index in [0.717, 1.165) is 38.6 Å². The molecule has 0 bridgehead atoms. The first kappa shape index (κ1) is 20.6. The van der Waals surface area contributed by atoms with Crippen LogP contribution < -0.4 is 4.90 Å². The molecule has 3 nitrogen and oxygen atoms in total. The minimum absolute atomic E-state index is 0.129. The van der Waals surface area contributed by atoms with Gasteiger partial charge in [0, 0.05) is 11.3 Å². The Morgan fingerprint density at radius 1 is 0.967 bits per heavy atom. The number of thioether (sulfide) groups is 1. The highest BCUT2D eigenvalue weighted by molar-refractivity contribution is 7.99. The van der Waals surface area contributed by atoms with Crippen molar-refractivity contribution in [3.05, 3.63) is 90.0 Å². The molecule has 0 radical (unpaired) electrons. The number of thiazole rings is 1. The second-order valence-electron chi connectivity index (χ2n) is 7.15. The van der Waals surface area contributed by atoms with Crippen LogP contribution in [-0.2, 0) is 11.3 Å². The summed E-state index contributed by atoms with van der Waals surface area (Å²) in [5, 5.41) is 0.781. The second-order valence-corrected chi connectivity index (χ2v) is 9.33. The maximum atomic E-state index is 13.2. The van der Waals surface area contributed by atoms with Crippen LogP contribution in [-0.4, -0.2) is 16.6 Å². The maximum absolute atomic E-state index is 13.2. The van der Waals surface area contributed by atoms with Gasteiger partial charge in [0.15, 0.2) is 5.13 Å². The molecule has 1 aromatic heterocycles. The number of rotatable bonds is 8. The third kappa shape index (κ3) is 5.10. The first-order chi connectivity index (χ1) is 14.7. The minimum atomic E-state index is 0.129. The molecule has 0 aliphatic carbocycles. The van der Waals surface area contributed by atoms with Crippen molar-refractivity contribution in [2.45, 2.75) is 31.2 Å². The summed E-state index contributed by atoms with van der Waals surface area (Å²) < 4.78 is 1.12. The third-order valence-electron chi connectivity index (χ3n) is 4.87. The Bertz CT molecular complexity index is 1110. The van der Waals surface area contributed by atoms with E-state index in [-0.39, 0.29) is 5.91 Å². The molecular formula is C25H24N2OS2. The van der Waals surface area contributed by atoms with Crippen molar-refractivity contribution in [1.82, 2.24) is 4.98 Å². The third-order valence-corrected chi connectivity index (χ3v) is 7.01. The van der Waals surface area contributed by atoms with E-state index >= 15 is 0 Å². The fourth-order valence-corrected chi connectivity index (χ4v) is 5.22. The zero-order valence-electron chi connectivity index (χ0n) is 17.0. The van der Waals surface area contributed by atoms with E-state index in [9.17, 15) is 4.79 Å². The highest BCUT2D eigenvalue weighted by atomic mass is 32.2. The fourth-order valence-electron chi connectivity index (χ4n) is 3.28. The molecule has 0 aliphatic rings. The topological polar surface area (TPSA) is 33.2 Å². The number of fused-ring (bicyclic) bond motifs is 1. The van der Waals surface area contributed by atoms with Gasteiger partial charge in [-0.2, -0.15) is 0 Å². The van der Waals surface area contributed by atoms with Crippen molar-refractivity contribution >= 4 is 44.4 Å². The van der Waals surface area contributed by atoms with Gasteiger partial charge in [-0.1, -0.05) is 72.0 Å². The van der Waals surface area contributed by atoms with Gasteiger partial charge in [-0.15, -0.1) is 11.8 Å². The van der Waals surface area contributed by atoms with Crippen molar-refractivity contribution in [3.63, 3.8) is 0 Å². The summed E-state index contributed by atoms with van der Waals surface area (Å²) in [6, 6.07) is 26.7. The molecule has 1 amide bonds. The fraction of sp³-hybridized carbons (Fsp3) is 0.200. The van der Waals surface area contributed by atoms with E-state index in [1.54, 1.807) is 23.1 Å². The molecule has 1 heterocycles. The molecule has 0 N–H and O–H groups in total. The highest BCUT2D eigenvalue weighted by Gasteiger charge is 2.20. The van der Waals surface area contributed by atoms with Crippen LogP contribution in [0.15, 0.2) is 83.8 Å². The molecule has 152 valence electrons. The summed E-state index contributed by atoms with van der Waals surface area (Å²) in [5.74, 6) is 1.05. The summed E-state index contributed by atoms with van der Waals surface area (Å²) in [6.07, 6.45) is 1.36. The molecule has 3 aromatic carbocycles. The molecule has 4 rings (SSSR count). The van der Waals surface area contributed by atoms with E-state index in [0.29, 0.717) is 13.0 Å². The smallest absolute Gasteiger partial charge is 0.229 e. The Morgan fingerprint density at radius 3 is 2.43 bits per heavy atom. The number of amides is 1. The van der Waals surface area contributed by atoms with Crippen molar-refractivity contribution < 1.29 is 4.79 Å². The van der Waals surface area contributed by atoms with Crippen molar-refractivity contribution in [3.8, 4) is 0 Å². The van der Waals surface area contributed by atoms with Gasteiger partial charge in [0.2, 0.25) is 5.91 Å². The summed E-state index contributed by atoms with van der Waals surface area (Å²) in [5.41, 5.74) is 3.24. The average molecular weight is 433 g/mol. The van der Waals surface area contributed by atoms with Crippen LogP contribution in [0.1, 0.15) is 24.0 Å². The van der Waals surface area contributed by atoms with Gasteiger partial charge in [0.25, 0.3) is 0 Å². The van der Waals surface area contributed by atoms with Crippen molar-refractivity contribution in [2.75, 3.05) is 10.7 Å². The lowest BCUT2D eigenvalue weighted by Gasteiger charge is -2.20. The van der Waals surface area contributed by atoms with Gasteiger partial charge in [0.1, 0.15) is 0 Å². The SMILES string of the molecule is Cc1cccc2sc(N(Cc3ccccc3)C(=O)CCCSc3ccccc3)nc12. The van der Waals surface area contributed by atoms with Crippen LogP contribution in [0.3, 0.4) is 0 Å². The molecule has 0 saturated heterocycles. The standard InChI is InChI=1S/C25H24N2OS2/c1-19-10-8-15-22-24(19)26-25(30-22)27(18-20-11-4-2-5-12-20)23(28)16-9-17-29-21-13-6-3-7-14-21/h2-8,10-15H,9,16-18H2,1H3. The predicted molar refractivity (Wildman–Crippen MR) is 128 cm³/mol. The average Bonchev–Trinajstić information content (AvgIpc) is 3.22. The summed E-state index contributed by atoms with van der Waals surface area (Å²) >= 11 is 3.39. The van der Waals surface area contributed by atoms with Gasteiger partial charge >= 0.3 is 0 Å². The maximum Gasteiger partial charge on any atom is 0.229 e. The lowest BCUT2D eigenvalue weighted by molar-refractivity contribution is -0.118. The van der Waals surface area contributed by atoms with Crippen LogP contribution in [0.2, 0.25) is 0 Å². The number of hydrogen-bond acceptors (Lipinski definition) is 4. The molecule has 0 saturated carbocycles. The Kier molecular flexibility index (Phi) is 6.82. The quantitative estimate of drug-likeness (QED) is 0.229. The number of carbonyl (C=O) groups is 1. The van der Waals surface area contributed by atoms with E-state index in [2.05, 4.69) is 43.3 Å². The number of benzene rings is 3. The van der Waals surface area contributed by atoms with Crippen LogP contribution in [0.25, 0.3) is 10.2 Å². The normalized spacial score (nSPS) is 11.0. The second kappa shape index (κ2) is 9.92. The molecule has 0 unspecified atom stereocenters. The Balaban J connectivity index is 1.49. The first-order valence-corrected chi connectivity index (χ1v) is 11.9. The Hall–Kier alpha value is -2.63. The van der Waals surface area contributed by atoms with Gasteiger partial charge in [0.05, 0.1) is 16.8 Å². The molecule has 30 heavy (non-hydrogen) atoms. The van der Waals surface area contributed by atoms with Crippen molar-refractivity contribution in [1.29, 1.82) is 0 Å². The zero-order valence-corrected chi connectivity index (χ0v) is 18.6. The van der Waals surface area contributed by atoms with Crippen LogP contribution in [0, 0.1) is 6.92 Å². The van der Waals surface area contributed by atoms with Gasteiger partial charge in [-0.05, 0) is 48.4 Å². The molecule has 0 atom stereocenters. The summed E-state index contributed by atoms with van der Waals surface area (Å²) in [6.45, 7) is 2.61. The largest absolute Gasteiger partial charge is 0.284 e. The lowest BCUT2D eigenvalue weighted by Crippen LogP contribution is -2.30. The lowest BCUT2D eigenvalue weighted by atomic mass is 10.2. The molecule has 0 aliphatic heterocycles. The van der Waals surface area contributed by atoms with Gasteiger partial charge in [-0.25, -0.2) is 4.98 Å². The molecule has 0 spiro atoms. The molecule has 0 fully saturated rings. The Labute approximate surface area is 185 Å². The van der Waals surface area contributed by atoms with Crippen LogP contribution in [0.5, 0.6) is 0 Å². The molecular weight excluding hydrogens is 408 g/mol. The van der Waals surface area contributed by atoms with E-state index in [4.69, 9.17) is 4.98 Å². The number of anilines is 1. The van der Waals surface area contributed by atoms with Crippen LogP contribution >= 0.6 is 23.1 Å². The molecule has 5 heteroatoms. The first-order valence-electron chi connectivity index (χ1n) is 10.1. The summed E-state index contributed by atoms with van der Waals surface area (Å²) in [4.78, 5) is 21.1. The minimum Gasteiger partial charge on any atom is -0.284 e. The number of aryl methyl sites for hydroxylation is 1. The van der Waals surface area contributed by atoms with Gasteiger partial charge < -0.3 is 0 Å². The van der Waals surface area contributed by atoms with Crippen LogP contribution in [0.4, 0.5) is 5.13 Å². The van der Waals surface area contributed by atoms with Gasteiger partial charge in [-0.3, -0.25) is 9.69 Å². The monoisotopic (exact) mass is 432 g/mol. The number of nitrogens with zero attached hydrogens (tertiary/aromatic N) is 2. The number of hydrogen-bond donors (Lipinski definition) is 0. The van der Waals surface area contributed by atoms with E-state index in [1.807, 2.05) is 47.4 Å². The molecule has 4 aromatic rings. The zero-order chi connectivity index (χ0) is 20.8. The number of aromatic nitrogens is 1. The summed E-state index contributed by atoms with van der Waals surface area (Å²) in [7, 11) is 0. The number of carbonyl (C=O) groups excluding carboxylic acids is 1.